The molecule has 2 N–H and O–H groups in total. The SMILES string of the molecule is CCOc1cc(C=NNC(=O)CNc2ccc3c(c2)OCO3)cc(I)c1OCc1ccccc1Cl. The number of carbonyl (C=O) groups is 1. The third kappa shape index (κ3) is 6.70. The van der Waals surface area contributed by atoms with Gasteiger partial charge in [0.05, 0.1) is 22.9 Å². The van der Waals surface area contributed by atoms with Crippen molar-refractivity contribution in [3.05, 3.63) is 74.3 Å². The van der Waals surface area contributed by atoms with E-state index in [4.69, 9.17) is 30.5 Å². The molecule has 0 fully saturated rings. The average Bonchev–Trinajstić information content (AvgIpc) is 3.31. The number of hydrogen-bond donors (Lipinski definition) is 2. The molecule has 35 heavy (non-hydrogen) atoms. The summed E-state index contributed by atoms with van der Waals surface area (Å²) in [7, 11) is 0. The molecule has 0 atom stereocenters. The maximum Gasteiger partial charge on any atom is 0.259 e. The highest BCUT2D eigenvalue weighted by Gasteiger charge is 2.14. The molecule has 0 bridgehead atoms. The van der Waals surface area contributed by atoms with Crippen LogP contribution in [0.4, 0.5) is 5.69 Å². The van der Waals surface area contributed by atoms with E-state index in [1.54, 1.807) is 18.3 Å². The molecule has 3 aromatic carbocycles. The molecule has 0 aromatic heterocycles. The monoisotopic (exact) mass is 607 g/mol. The summed E-state index contributed by atoms with van der Waals surface area (Å²) in [6.07, 6.45) is 1.56. The van der Waals surface area contributed by atoms with Gasteiger partial charge in [-0.05, 0) is 65.4 Å². The number of fused-ring (bicyclic) bond motifs is 1. The number of nitrogens with zero attached hydrogens (tertiary/aromatic N) is 1. The number of ether oxygens (including phenoxy) is 4. The van der Waals surface area contributed by atoms with Crippen molar-refractivity contribution in [1.29, 1.82) is 0 Å². The predicted molar refractivity (Wildman–Crippen MR) is 143 cm³/mol. The van der Waals surface area contributed by atoms with Crippen molar-refractivity contribution >= 4 is 52.0 Å². The Kier molecular flexibility index (Phi) is 8.54. The second kappa shape index (κ2) is 12.0. The first-order valence-corrected chi connectivity index (χ1v) is 12.3. The zero-order chi connectivity index (χ0) is 24.6. The van der Waals surface area contributed by atoms with Crippen LogP contribution in [0.25, 0.3) is 0 Å². The van der Waals surface area contributed by atoms with Crippen LogP contribution in [0.1, 0.15) is 18.1 Å². The second-order valence-electron chi connectivity index (χ2n) is 7.36. The first-order valence-electron chi connectivity index (χ1n) is 10.8. The number of hydrogen-bond acceptors (Lipinski definition) is 7. The van der Waals surface area contributed by atoms with Gasteiger partial charge in [0.2, 0.25) is 6.79 Å². The molecular formula is C25H23ClIN3O5. The first kappa shape index (κ1) is 24.9. The Morgan fingerprint density at radius 2 is 1.97 bits per heavy atom. The van der Waals surface area contributed by atoms with E-state index >= 15 is 0 Å². The van der Waals surface area contributed by atoms with Gasteiger partial charge in [-0.3, -0.25) is 4.79 Å². The van der Waals surface area contributed by atoms with Gasteiger partial charge >= 0.3 is 0 Å². The molecule has 8 nitrogen and oxygen atoms in total. The minimum Gasteiger partial charge on any atom is -0.490 e. The van der Waals surface area contributed by atoms with Crippen LogP contribution in [0, 0.1) is 3.57 Å². The van der Waals surface area contributed by atoms with Crippen molar-refractivity contribution in [3.8, 4) is 23.0 Å². The molecule has 1 aliphatic rings. The van der Waals surface area contributed by atoms with E-state index < -0.39 is 0 Å². The van der Waals surface area contributed by atoms with Crippen molar-refractivity contribution in [2.24, 2.45) is 5.10 Å². The minimum atomic E-state index is -0.293. The van der Waals surface area contributed by atoms with Crippen LogP contribution in [0.15, 0.2) is 59.7 Å². The van der Waals surface area contributed by atoms with Crippen molar-refractivity contribution in [2.45, 2.75) is 13.5 Å². The molecular weight excluding hydrogens is 585 g/mol. The van der Waals surface area contributed by atoms with Gasteiger partial charge < -0.3 is 24.3 Å². The highest BCUT2D eigenvalue weighted by Crippen LogP contribution is 2.35. The molecule has 1 aliphatic heterocycles. The van der Waals surface area contributed by atoms with E-state index in [0.29, 0.717) is 41.2 Å². The van der Waals surface area contributed by atoms with E-state index in [1.807, 2.05) is 49.4 Å². The number of halogens is 2. The quantitative estimate of drug-likeness (QED) is 0.187. The maximum absolute atomic E-state index is 12.2. The number of hydrazone groups is 1. The van der Waals surface area contributed by atoms with Gasteiger partial charge in [-0.15, -0.1) is 0 Å². The lowest BCUT2D eigenvalue weighted by Crippen LogP contribution is -2.25. The van der Waals surface area contributed by atoms with Crippen molar-refractivity contribution in [2.75, 3.05) is 25.3 Å². The summed E-state index contributed by atoms with van der Waals surface area (Å²) in [6.45, 7) is 2.94. The molecule has 0 saturated heterocycles. The van der Waals surface area contributed by atoms with Crippen LogP contribution in [-0.4, -0.2) is 32.1 Å². The number of benzene rings is 3. The van der Waals surface area contributed by atoms with Crippen LogP contribution < -0.4 is 29.7 Å². The summed E-state index contributed by atoms with van der Waals surface area (Å²) < 4.78 is 23.3. The summed E-state index contributed by atoms with van der Waals surface area (Å²) in [5.41, 5.74) is 4.90. The zero-order valence-electron chi connectivity index (χ0n) is 18.8. The number of rotatable bonds is 10. The van der Waals surface area contributed by atoms with Crippen LogP contribution >= 0.6 is 34.2 Å². The van der Waals surface area contributed by atoms with Gasteiger partial charge in [-0.1, -0.05) is 29.8 Å². The van der Waals surface area contributed by atoms with Crippen LogP contribution in [-0.2, 0) is 11.4 Å². The summed E-state index contributed by atoms with van der Waals surface area (Å²) in [5, 5.41) is 7.74. The van der Waals surface area contributed by atoms with Gasteiger partial charge in [0, 0.05) is 22.3 Å². The lowest BCUT2D eigenvalue weighted by Gasteiger charge is -2.15. The molecule has 0 aliphatic carbocycles. The number of carbonyl (C=O) groups excluding carboxylic acids is 1. The molecule has 3 aromatic rings. The van der Waals surface area contributed by atoms with E-state index in [1.165, 1.54) is 0 Å². The Labute approximate surface area is 221 Å². The zero-order valence-corrected chi connectivity index (χ0v) is 21.8. The van der Waals surface area contributed by atoms with E-state index in [0.717, 1.165) is 20.4 Å². The molecule has 0 spiro atoms. The molecule has 0 saturated carbocycles. The summed E-state index contributed by atoms with van der Waals surface area (Å²) >= 11 is 8.42. The first-order chi connectivity index (χ1) is 17.0. The lowest BCUT2D eigenvalue weighted by atomic mass is 10.2. The summed E-state index contributed by atoms with van der Waals surface area (Å²) in [6, 6.07) is 16.6. The lowest BCUT2D eigenvalue weighted by molar-refractivity contribution is -0.119. The molecule has 4 rings (SSSR count). The molecule has 10 heteroatoms. The minimum absolute atomic E-state index is 0.0491. The Hall–Kier alpha value is -3.18. The smallest absolute Gasteiger partial charge is 0.259 e. The largest absolute Gasteiger partial charge is 0.490 e. The summed E-state index contributed by atoms with van der Waals surface area (Å²) in [4.78, 5) is 12.2. The average molecular weight is 608 g/mol. The van der Waals surface area contributed by atoms with Crippen LogP contribution in [0.2, 0.25) is 5.02 Å². The van der Waals surface area contributed by atoms with E-state index in [2.05, 4.69) is 38.4 Å². The van der Waals surface area contributed by atoms with E-state index in [9.17, 15) is 4.79 Å². The Balaban J connectivity index is 1.35. The Morgan fingerprint density at radius 3 is 2.80 bits per heavy atom. The fraction of sp³-hybridized carbons (Fsp3) is 0.200. The highest BCUT2D eigenvalue weighted by atomic mass is 127. The third-order valence-corrected chi connectivity index (χ3v) is 6.06. The van der Waals surface area contributed by atoms with Gasteiger partial charge in [-0.2, -0.15) is 5.10 Å². The van der Waals surface area contributed by atoms with E-state index in [-0.39, 0.29) is 19.2 Å². The molecule has 182 valence electrons. The predicted octanol–water partition coefficient (Wildman–Crippen LogP) is 5.21. The number of anilines is 1. The normalized spacial score (nSPS) is 12.0. The van der Waals surface area contributed by atoms with Crippen molar-refractivity contribution in [3.63, 3.8) is 0 Å². The fourth-order valence-corrected chi connectivity index (χ4v) is 4.21. The van der Waals surface area contributed by atoms with Gasteiger partial charge in [0.1, 0.15) is 6.61 Å². The van der Waals surface area contributed by atoms with Crippen molar-refractivity contribution < 1.29 is 23.7 Å². The highest BCUT2D eigenvalue weighted by molar-refractivity contribution is 14.1. The maximum atomic E-state index is 12.2. The number of nitrogens with one attached hydrogen (secondary N) is 2. The van der Waals surface area contributed by atoms with Crippen LogP contribution in [0.3, 0.4) is 0 Å². The summed E-state index contributed by atoms with van der Waals surface area (Å²) in [5.74, 6) is 2.25. The molecule has 1 heterocycles. The Morgan fingerprint density at radius 1 is 1.14 bits per heavy atom. The van der Waals surface area contributed by atoms with Gasteiger partial charge in [0.15, 0.2) is 23.0 Å². The molecule has 1 amide bonds. The van der Waals surface area contributed by atoms with Crippen molar-refractivity contribution in [1.82, 2.24) is 5.43 Å². The Bertz CT molecular complexity index is 1240. The van der Waals surface area contributed by atoms with Crippen LogP contribution in [0.5, 0.6) is 23.0 Å². The standard InChI is InChI=1S/C25H23ClIN3O5/c1-2-32-23-10-16(9-20(27)25(23)33-14-17-5-3-4-6-19(17)26)12-29-30-24(31)13-28-18-7-8-21-22(11-18)35-15-34-21/h3-12,28H,2,13-15H2,1H3,(H,30,31). The third-order valence-electron chi connectivity index (χ3n) is 4.89. The van der Waals surface area contributed by atoms with Gasteiger partial charge in [0.25, 0.3) is 5.91 Å². The fourth-order valence-electron chi connectivity index (χ4n) is 3.24. The number of amides is 1. The topological polar surface area (TPSA) is 90.4 Å². The molecule has 0 radical (unpaired) electrons. The second-order valence-corrected chi connectivity index (χ2v) is 8.93. The molecule has 0 unspecified atom stereocenters. The van der Waals surface area contributed by atoms with Gasteiger partial charge in [-0.25, -0.2) is 5.43 Å².